The fourth-order valence-electron chi connectivity index (χ4n) is 1.53. The van der Waals surface area contributed by atoms with Crippen LogP contribution in [0.25, 0.3) is 0 Å². The SMILES string of the molecule is CC.CC.CCC(C)(NN)c1ccc(C)cc1OS. The van der Waals surface area contributed by atoms with Gasteiger partial charge in [-0.15, -0.1) is 0 Å². The minimum atomic E-state index is -0.286. The Morgan fingerprint density at radius 2 is 1.79 bits per heavy atom. The van der Waals surface area contributed by atoms with Gasteiger partial charge in [-0.3, -0.25) is 11.3 Å². The van der Waals surface area contributed by atoms with Gasteiger partial charge in [0.05, 0.1) is 5.54 Å². The summed E-state index contributed by atoms with van der Waals surface area (Å²) in [6, 6.07) is 6.01. The molecule has 1 unspecified atom stereocenters. The second-order valence-electron chi connectivity index (χ2n) is 3.92. The number of hydrogen-bond acceptors (Lipinski definition) is 4. The average Bonchev–Trinajstić information content (AvgIpc) is 2.50. The molecule has 1 aromatic rings. The summed E-state index contributed by atoms with van der Waals surface area (Å²) in [6.45, 7) is 14.1. The zero-order valence-electron chi connectivity index (χ0n) is 13.4. The van der Waals surface area contributed by atoms with Gasteiger partial charge in [0.2, 0.25) is 0 Å². The minimum Gasteiger partial charge on any atom is -0.429 e. The van der Waals surface area contributed by atoms with Gasteiger partial charge >= 0.3 is 0 Å². The molecule has 0 fully saturated rings. The fraction of sp³-hybridized carbons (Fsp3) is 0.600. The smallest absolute Gasteiger partial charge is 0.142 e. The molecule has 3 nitrogen and oxygen atoms in total. The normalized spacial score (nSPS) is 12.3. The van der Waals surface area contributed by atoms with E-state index in [0.29, 0.717) is 0 Å². The quantitative estimate of drug-likeness (QED) is 0.333. The summed E-state index contributed by atoms with van der Waals surface area (Å²) in [7, 11) is 0. The van der Waals surface area contributed by atoms with Crippen molar-refractivity contribution in [1.82, 2.24) is 5.43 Å². The van der Waals surface area contributed by atoms with Gasteiger partial charge < -0.3 is 4.18 Å². The number of nitrogens with one attached hydrogen (secondary N) is 1. The first kappa shape index (κ1) is 20.6. The van der Waals surface area contributed by atoms with Crippen LogP contribution in [0.3, 0.4) is 0 Å². The van der Waals surface area contributed by atoms with E-state index < -0.39 is 0 Å². The first-order valence-electron chi connectivity index (χ1n) is 6.97. The van der Waals surface area contributed by atoms with E-state index in [0.717, 1.165) is 23.3 Å². The molecule has 0 saturated heterocycles. The Balaban J connectivity index is 0. The van der Waals surface area contributed by atoms with Gasteiger partial charge in [-0.05, 0) is 31.9 Å². The molecule has 0 aromatic heterocycles. The molecule has 0 bridgehead atoms. The molecule has 0 aliphatic heterocycles. The first-order valence-corrected chi connectivity index (χ1v) is 7.34. The maximum atomic E-state index is 5.58. The molecule has 0 heterocycles. The largest absolute Gasteiger partial charge is 0.429 e. The third kappa shape index (κ3) is 5.85. The molecule has 0 radical (unpaired) electrons. The zero-order chi connectivity index (χ0) is 15.5. The van der Waals surface area contributed by atoms with Gasteiger partial charge in [0.25, 0.3) is 0 Å². The maximum absolute atomic E-state index is 5.58. The van der Waals surface area contributed by atoms with Crippen LogP contribution in [0.2, 0.25) is 0 Å². The monoisotopic (exact) mass is 286 g/mol. The number of thiol groups is 1. The van der Waals surface area contributed by atoms with E-state index >= 15 is 0 Å². The Morgan fingerprint density at radius 1 is 1.26 bits per heavy atom. The van der Waals surface area contributed by atoms with Crippen LogP contribution in [-0.2, 0) is 5.54 Å². The highest BCUT2D eigenvalue weighted by atomic mass is 32.1. The van der Waals surface area contributed by atoms with E-state index in [9.17, 15) is 0 Å². The lowest BCUT2D eigenvalue weighted by Gasteiger charge is -2.29. The van der Waals surface area contributed by atoms with Gasteiger partial charge in [-0.25, -0.2) is 0 Å². The third-order valence-corrected chi connectivity index (χ3v) is 3.05. The lowest BCUT2D eigenvalue weighted by Crippen LogP contribution is -2.43. The molecule has 1 atom stereocenters. The highest BCUT2D eigenvalue weighted by Gasteiger charge is 2.26. The van der Waals surface area contributed by atoms with Gasteiger partial charge in [0.15, 0.2) is 0 Å². The predicted octanol–water partition coefficient (Wildman–Crippen LogP) is 4.36. The molecule has 19 heavy (non-hydrogen) atoms. The van der Waals surface area contributed by atoms with Gasteiger partial charge in [0.1, 0.15) is 5.75 Å². The Labute approximate surface area is 124 Å². The number of hydrazine groups is 1. The summed E-state index contributed by atoms with van der Waals surface area (Å²) in [5, 5.41) is 0. The molecule has 0 aliphatic rings. The van der Waals surface area contributed by atoms with Crippen molar-refractivity contribution in [2.75, 3.05) is 0 Å². The highest BCUT2D eigenvalue weighted by molar-refractivity contribution is 7.75. The molecule has 4 heteroatoms. The van der Waals surface area contributed by atoms with Crippen LogP contribution in [0.5, 0.6) is 5.75 Å². The molecule has 0 saturated carbocycles. The summed E-state index contributed by atoms with van der Waals surface area (Å²) >= 11 is 3.87. The van der Waals surface area contributed by atoms with Crippen LogP contribution in [0.1, 0.15) is 59.1 Å². The molecule has 112 valence electrons. The summed E-state index contributed by atoms with van der Waals surface area (Å²) in [4.78, 5) is 0. The van der Waals surface area contributed by atoms with Crippen molar-refractivity contribution in [3.8, 4) is 5.75 Å². The summed E-state index contributed by atoms with van der Waals surface area (Å²) in [5.74, 6) is 6.33. The summed E-state index contributed by atoms with van der Waals surface area (Å²) < 4.78 is 5.07. The lowest BCUT2D eigenvalue weighted by molar-refractivity contribution is 0.354. The predicted molar refractivity (Wildman–Crippen MR) is 88.5 cm³/mol. The Hall–Kier alpha value is -0.710. The van der Waals surface area contributed by atoms with Gasteiger partial charge in [0, 0.05) is 18.5 Å². The van der Waals surface area contributed by atoms with E-state index in [1.54, 1.807) is 0 Å². The highest BCUT2D eigenvalue weighted by Crippen LogP contribution is 2.33. The van der Waals surface area contributed by atoms with Gasteiger partial charge in [-0.2, -0.15) is 0 Å². The van der Waals surface area contributed by atoms with E-state index in [1.807, 2.05) is 59.7 Å². The molecule has 0 spiro atoms. The second-order valence-corrected chi connectivity index (χ2v) is 4.10. The average molecular weight is 286 g/mol. The Morgan fingerprint density at radius 3 is 2.16 bits per heavy atom. The van der Waals surface area contributed by atoms with Gasteiger partial charge in [-0.1, -0.05) is 46.8 Å². The number of hydrogen-bond donors (Lipinski definition) is 3. The van der Waals surface area contributed by atoms with Crippen molar-refractivity contribution in [1.29, 1.82) is 0 Å². The standard InChI is InChI=1S/C11H18N2OS.2C2H6/c1-4-11(3,13-12)9-6-5-8(2)7-10(9)14-15;2*1-2/h5-7,13,15H,4,12H2,1-3H3;2*1-2H3. The number of nitrogens with two attached hydrogens (primary N) is 1. The molecule has 3 N–H and O–H groups in total. The van der Waals surface area contributed by atoms with Crippen molar-refractivity contribution in [2.45, 2.75) is 60.4 Å². The Kier molecular flexibility index (Phi) is 12.1. The fourth-order valence-corrected chi connectivity index (χ4v) is 1.68. The van der Waals surface area contributed by atoms with Crippen LogP contribution >= 0.6 is 12.9 Å². The molecular formula is C15H30N2OS. The lowest BCUT2D eigenvalue weighted by atomic mass is 9.89. The Bertz CT molecular complexity index is 339. The number of aryl methyl sites for hydroxylation is 1. The van der Waals surface area contributed by atoms with Crippen LogP contribution in [0.4, 0.5) is 0 Å². The van der Waals surface area contributed by atoms with E-state index in [2.05, 4.69) is 25.3 Å². The van der Waals surface area contributed by atoms with Crippen LogP contribution in [0.15, 0.2) is 18.2 Å². The second kappa shape index (κ2) is 11.1. The molecule has 1 rings (SSSR count). The summed E-state index contributed by atoms with van der Waals surface area (Å²) in [6.07, 6.45) is 0.872. The van der Waals surface area contributed by atoms with Crippen LogP contribution < -0.4 is 15.5 Å². The summed E-state index contributed by atoms with van der Waals surface area (Å²) in [5.41, 5.74) is 4.70. The zero-order valence-corrected chi connectivity index (χ0v) is 14.3. The van der Waals surface area contributed by atoms with E-state index in [4.69, 9.17) is 10.0 Å². The molecule has 0 amide bonds. The van der Waals surface area contributed by atoms with E-state index in [-0.39, 0.29) is 5.54 Å². The van der Waals surface area contributed by atoms with Crippen molar-refractivity contribution >= 4 is 12.9 Å². The number of benzene rings is 1. The maximum Gasteiger partial charge on any atom is 0.142 e. The van der Waals surface area contributed by atoms with E-state index in [1.165, 1.54) is 0 Å². The topological polar surface area (TPSA) is 47.3 Å². The van der Waals surface area contributed by atoms with Crippen molar-refractivity contribution in [2.24, 2.45) is 5.84 Å². The molecule has 0 aliphatic carbocycles. The number of rotatable bonds is 4. The van der Waals surface area contributed by atoms with Crippen molar-refractivity contribution in [3.05, 3.63) is 29.3 Å². The molecule has 1 aromatic carbocycles. The third-order valence-electron chi connectivity index (χ3n) is 2.86. The molecular weight excluding hydrogens is 256 g/mol. The minimum absolute atomic E-state index is 0.286. The van der Waals surface area contributed by atoms with Crippen LogP contribution in [-0.4, -0.2) is 0 Å². The van der Waals surface area contributed by atoms with Crippen molar-refractivity contribution < 1.29 is 4.18 Å². The first-order chi connectivity index (χ1) is 9.07. The van der Waals surface area contributed by atoms with Crippen LogP contribution in [0, 0.1) is 6.92 Å². The van der Waals surface area contributed by atoms with Crippen molar-refractivity contribution in [3.63, 3.8) is 0 Å².